The lowest BCUT2D eigenvalue weighted by Gasteiger charge is -2.36. The van der Waals surface area contributed by atoms with Gasteiger partial charge in [-0.2, -0.15) is 0 Å². The van der Waals surface area contributed by atoms with Gasteiger partial charge in [0.05, 0.1) is 17.1 Å². The Kier molecular flexibility index (Phi) is 4.25. The van der Waals surface area contributed by atoms with Gasteiger partial charge in [0, 0.05) is 32.6 Å². The number of para-hydroxylation sites is 2. The molecule has 0 unspecified atom stereocenters. The van der Waals surface area contributed by atoms with E-state index in [1.165, 1.54) is 11.3 Å². The molecule has 3 heterocycles. The molecule has 1 aromatic carbocycles. The molecule has 4 rings (SSSR count). The lowest BCUT2D eigenvalue weighted by molar-refractivity contribution is 0.137. The van der Waals surface area contributed by atoms with Crippen molar-refractivity contribution in [2.75, 3.05) is 13.1 Å². The molecule has 0 radical (unpaired) electrons. The van der Waals surface area contributed by atoms with E-state index in [1.807, 2.05) is 7.05 Å². The lowest BCUT2D eigenvalue weighted by Crippen LogP contribution is -2.37. The van der Waals surface area contributed by atoms with Crippen molar-refractivity contribution >= 4 is 11.0 Å². The second-order valence-electron chi connectivity index (χ2n) is 6.84. The van der Waals surface area contributed by atoms with E-state index >= 15 is 0 Å². The van der Waals surface area contributed by atoms with Gasteiger partial charge in [-0.1, -0.05) is 19.1 Å². The van der Waals surface area contributed by atoms with Gasteiger partial charge >= 0.3 is 0 Å². The zero-order valence-corrected chi connectivity index (χ0v) is 15.1. The molecular weight excluding hydrogens is 314 g/mol. The molecule has 7 heteroatoms. The third-order valence-electron chi connectivity index (χ3n) is 5.42. The van der Waals surface area contributed by atoms with Crippen molar-refractivity contribution in [2.24, 2.45) is 7.05 Å². The highest BCUT2D eigenvalue weighted by Crippen LogP contribution is 2.31. The van der Waals surface area contributed by atoms with E-state index in [2.05, 4.69) is 63.1 Å². The number of aryl methyl sites for hydroxylation is 2. The first-order chi connectivity index (χ1) is 12.2. The Bertz CT molecular complexity index is 857. The van der Waals surface area contributed by atoms with Crippen LogP contribution in [0.15, 0.2) is 24.3 Å². The van der Waals surface area contributed by atoms with Gasteiger partial charge in [-0.25, -0.2) is 9.67 Å². The molecule has 0 aliphatic carbocycles. The number of tetrazole rings is 1. The molecule has 7 nitrogen and oxygen atoms in total. The summed E-state index contributed by atoms with van der Waals surface area (Å²) < 4.78 is 4.25. The van der Waals surface area contributed by atoms with Gasteiger partial charge in [0.1, 0.15) is 5.82 Å². The average Bonchev–Trinajstić information content (AvgIpc) is 3.24. The summed E-state index contributed by atoms with van der Waals surface area (Å²) in [5.74, 6) is 2.13. The van der Waals surface area contributed by atoms with E-state index in [-0.39, 0.29) is 6.04 Å². The lowest BCUT2D eigenvalue weighted by atomic mass is 10.0. The van der Waals surface area contributed by atoms with E-state index in [1.54, 1.807) is 4.68 Å². The second kappa shape index (κ2) is 6.55. The van der Waals surface area contributed by atoms with E-state index < -0.39 is 0 Å². The highest BCUT2D eigenvalue weighted by atomic mass is 15.5. The Morgan fingerprint density at radius 2 is 1.96 bits per heavy atom. The molecule has 1 saturated heterocycles. The normalized spacial score (nSPS) is 18.0. The summed E-state index contributed by atoms with van der Waals surface area (Å²) in [7, 11) is 1.91. The van der Waals surface area contributed by atoms with Crippen LogP contribution in [-0.4, -0.2) is 47.7 Å². The first kappa shape index (κ1) is 16.2. The Labute approximate surface area is 147 Å². The van der Waals surface area contributed by atoms with Crippen LogP contribution in [0.3, 0.4) is 0 Å². The van der Waals surface area contributed by atoms with Crippen LogP contribution >= 0.6 is 0 Å². The molecule has 0 spiro atoms. The average molecular weight is 339 g/mol. The van der Waals surface area contributed by atoms with Gasteiger partial charge in [0.25, 0.3) is 0 Å². The van der Waals surface area contributed by atoms with Crippen LogP contribution in [0, 0.1) is 0 Å². The van der Waals surface area contributed by atoms with Crippen molar-refractivity contribution in [1.29, 1.82) is 0 Å². The molecular formula is C18H25N7. The van der Waals surface area contributed by atoms with Gasteiger partial charge < -0.3 is 4.57 Å². The predicted octanol–water partition coefficient (Wildman–Crippen LogP) is 2.52. The molecule has 0 N–H and O–H groups in total. The Hall–Kier alpha value is -2.28. The van der Waals surface area contributed by atoms with Gasteiger partial charge in [-0.15, -0.1) is 5.10 Å². The van der Waals surface area contributed by atoms with Crippen molar-refractivity contribution in [3.05, 3.63) is 35.9 Å². The van der Waals surface area contributed by atoms with Crippen molar-refractivity contribution in [1.82, 2.24) is 34.7 Å². The number of fused-ring (bicyclic) bond motifs is 1. The highest BCUT2D eigenvalue weighted by Gasteiger charge is 2.28. The van der Waals surface area contributed by atoms with Crippen molar-refractivity contribution in [3.8, 4) is 0 Å². The van der Waals surface area contributed by atoms with Crippen LogP contribution in [0.4, 0.5) is 0 Å². The fourth-order valence-corrected chi connectivity index (χ4v) is 4.04. The smallest absolute Gasteiger partial charge is 0.167 e. The maximum atomic E-state index is 4.83. The quantitative estimate of drug-likeness (QED) is 0.731. The molecule has 2 aromatic heterocycles. The van der Waals surface area contributed by atoms with Crippen LogP contribution in [0.1, 0.15) is 50.4 Å². The molecule has 0 amide bonds. The number of likely N-dealkylation sites (tertiary alicyclic amines) is 1. The van der Waals surface area contributed by atoms with E-state index in [0.29, 0.717) is 6.04 Å². The number of benzene rings is 1. The molecule has 1 aliphatic heterocycles. The minimum absolute atomic E-state index is 0.242. The van der Waals surface area contributed by atoms with Crippen molar-refractivity contribution in [3.63, 3.8) is 0 Å². The first-order valence-electron chi connectivity index (χ1n) is 9.11. The number of hydrogen-bond acceptors (Lipinski definition) is 5. The number of imidazole rings is 1. The SMILES string of the molecule is CCc1nc2ccccc2n1C1CCN([C@@H](C)c2nnnn2C)CC1. The summed E-state index contributed by atoms with van der Waals surface area (Å²) in [5, 5.41) is 11.9. The van der Waals surface area contributed by atoms with Crippen molar-refractivity contribution in [2.45, 2.75) is 45.2 Å². The van der Waals surface area contributed by atoms with Gasteiger partial charge in [-0.05, 0) is 42.3 Å². The molecule has 3 aromatic rings. The summed E-state index contributed by atoms with van der Waals surface area (Å²) in [4.78, 5) is 7.31. The Morgan fingerprint density at radius 3 is 2.64 bits per heavy atom. The van der Waals surface area contributed by atoms with Crippen molar-refractivity contribution < 1.29 is 0 Å². The fraction of sp³-hybridized carbons (Fsp3) is 0.556. The molecule has 0 saturated carbocycles. The maximum Gasteiger partial charge on any atom is 0.167 e. The predicted molar refractivity (Wildman–Crippen MR) is 96.2 cm³/mol. The fourth-order valence-electron chi connectivity index (χ4n) is 4.04. The van der Waals surface area contributed by atoms with Crippen LogP contribution in [0.25, 0.3) is 11.0 Å². The number of nitrogens with zero attached hydrogens (tertiary/aromatic N) is 7. The molecule has 1 aliphatic rings. The van der Waals surface area contributed by atoms with Gasteiger partial charge in [0.2, 0.25) is 0 Å². The van der Waals surface area contributed by atoms with Crippen LogP contribution in [0.5, 0.6) is 0 Å². The topological polar surface area (TPSA) is 64.7 Å². The summed E-state index contributed by atoms with van der Waals surface area (Å²) in [6.45, 7) is 6.48. The summed E-state index contributed by atoms with van der Waals surface area (Å²) in [6.07, 6.45) is 3.22. The molecule has 0 bridgehead atoms. The molecule has 1 atom stereocenters. The first-order valence-corrected chi connectivity index (χ1v) is 9.11. The Balaban J connectivity index is 1.54. The molecule has 25 heavy (non-hydrogen) atoms. The van der Waals surface area contributed by atoms with E-state index in [4.69, 9.17) is 4.98 Å². The van der Waals surface area contributed by atoms with Crippen LogP contribution in [-0.2, 0) is 13.5 Å². The second-order valence-corrected chi connectivity index (χ2v) is 6.84. The Morgan fingerprint density at radius 1 is 1.20 bits per heavy atom. The zero-order valence-electron chi connectivity index (χ0n) is 15.1. The molecule has 132 valence electrons. The maximum absolute atomic E-state index is 4.83. The minimum atomic E-state index is 0.242. The number of piperidine rings is 1. The summed E-state index contributed by atoms with van der Waals surface area (Å²) in [5.41, 5.74) is 2.38. The molecule has 1 fully saturated rings. The number of rotatable bonds is 4. The number of aromatic nitrogens is 6. The third-order valence-corrected chi connectivity index (χ3v) is 5.42. The minimum Gasteiger partial charge on any atom is -0.325 e. The van der Waals surface area contributed by atoms with Gasteiger partial charge in [0.15, 0.2) is 5.82 Å². The summed E-state index contributed by atoms with van der Waals surface area (Å²) in [6, 6.07) is 9.25. The van der Waals surface area contributed by atoms with Crippen LogP contribution in [0.2, 0.25) is 0 Å². The largest absolute Gasteiger partial charge is 0.325 e. The van der Waals surface area contributed by atoms with Gasteiger partial charge in [-0.3, -0.25) is 4.90 Å². The standard InChI is InChI=1S/C18H25N7/c1-4-17-19-15-7-5-6-8-16(15)25(17)14-9-11-24(12-10-14)13(2)18-20-21-22-23(18)3/h5-8,13-14H,4,9-12H2,1-3H3/t13-/m0/s1. The van der Waals surface area contributed by atoms with Crippen LogP contribution < -0.4 is 0 Å². The monoisotopic (exact) mass is 339 g/mol. The highest BCUT2D eigenvalue weighted by molar-refractivity contribution is 5.76. The van der Waals surface area contributed by atoms with E-state index in [0.717, 1.165) is 43.7 Å². The third kappa shape index (κ3) is 2.82. The zero-order chi connectivity index (χ0) is 17.4. The summed E-state index contributed by atoms with van der Waals surface area (Å²) >= 11 is 0. The van der Waals surface area contributed by atoms with E-state index in [9.17, 15) is 0 Å². The number of hydrogen-bond donors (Lipinski definition) is 0.